The first kappa shape index (κ1) is 19.5. The summed E-state index contributed by atoms with van der Waals surface area (Å²) in [6.45, 7) is 2.36. The van der Waals surface area contributed by atoms with Gasteiger partial charge in [-0.05, 0) is 60.9 Å². The van der Waals surface area contributed by atoms with Crippen molar-refractivity contribution >= 4 is 23.2 Å². The maximum Gasteiger partial charge on any atom is 0.255 e. The molecule has 1 spiro atoms. The van der Waals surface area contributed by atoms with Gasteiger partial charge in [0.25, 0.3) is 5.91 Å². The van der Waals surface area contributed by atoms with E-state index in [0.29, 0.717) is 5.56 Å². The van der Waals surface area contributed by atoms with Crippen LogP contribution in [0.3, 0.4) is 0 Å². The van der Waals surface area contributed by atoms with Crippen molar-refractivity contribution in [3.63, 3.8) is 0 Å². The molecule has 2 aromatic carbocycles. The number of nitrogens with zero attached hydrogens (tertiary/aromatic N) is 3. The molecule has 0 atom stereocenters. The van der Waals surface area contributed by atoms with E-state index in [9.17, 15) is 9.59 Å². The van der Waals surface area contributed by atoms with Crippen LogP contribution in [0.15, 0.2) is 61.2 Å². The Balaban J connectivity index is 1.40. The fourth-order valence-corrected chi connectivity index (χ4v) is 5.08. The number of aromatic nitrogens is 2. The van der Waals surface area contributed by atoms with Crippen LogP contribution in [0, 0.1) is 0 Å². The van der Waals surface area contributed by atoms with E-state index in [1.54, 1.807) is 19.4 Å². The molecule has 2 heterocycles. The van der Waals surface area contributed by atoms with Gasteiger partial charge >= 0.3 is 0 Å². The minimum absolute atomic E-state index is 0.0119. The van der Waals surface area contributed by atoms with Crippen LogP contribution in [0.4, 0.5) is 11.4 Å². The number of imidazole rings is 1. The quantitative estimate of drug-likeness (QED) is 0.676. The number of benzene rings is 2. The van der Waals surface area contributed by atoms with Gasteiger partial charge in [-0.25, -0.2) is 4.98 Å². The molecule has 1 aliphatic carbocycles. The van der Waals surface area contributed by atoms with Gasteiger partial charge in [0.1, 0.15) is 0 Å². The monoisotopic (exact) mass is 414 g/mol. The van der Waals surface area contributed by atoms with Crippen LogP contribution >= 0.6 is 0 Å². The number of nitrogens with one attached hydrogen (secondary N) is 1. The molecule has 5 rings (SSSR count). The minimum Gasteiger partial charge on any atom is -0.322 e. The number of anilines is 2. The van der Waals surface area contributed by atoms with Crippen LogP contribution in [0.25, 0.3) is 5.69 Å². The van der Waals surface area contributed by atoms with E-state index in [1.807, 2.05) is 58.1 Å². The summed E-state index contributed by atoms with van der Waals surface area (Å²) in [4.78, 5) is 31.2. The van der Waals surface area contributed by atoms with E-state index in [0.717, 1.165) is 42.0 Å². The lowest BCUT2D eigenvalue weighted by molar-refractivity contribution is -0.116. The highest BCUT2D eigenvalue weighted by Gasteiger charge is 2.44. The summed E-state index contributed by atoms with van der Waals surface area (Å²) in [6.07, 6.45) is 11.1. The van der Waals surface area contributed by atoms with E-state index in [2.05, 4.69) is 10.3 Å². The lowest BCUT2D eigenvalue weighted by Gasteiger charge is -2.34. The number of hydrogen-bond acceptors (Lipinski definition) is 3. The van der Waals surface area contributed by atoms with Crippen molar-refractivity contribution in [1.29, 1.82) is 0 Å². The first-order valence-corrected chi connectivity index (χ1v) is 10.9. The van der Waals surface area contributed by atoms with Gasteiger partial charge in [0, 0.05) is 53.9 Å². The van der Waals surface area contributed by atoms with E-state index >= 15 is 0 Å². The Kier molecular flexibility index (Phi) is 4.85. The summed E-state index contributed by atoms with van der Waals surface area (Å²) >= 11 is 0. The second-order valence-electron chi connectivity index (χ2n) is 8.65. The third-order valence-electron chi connectivity index (χ3n) is 6.70. The topological polar surface area (TPSA) is 67.2 Å². The molecule has 158 valence electrons. The van der Waals surface area contributed by atoms with E-state index in [4.69, 9.17) is 0 Å². The standard InChI is InChI=1S/C25H26N4O2/c1-18(30)29-16-25(11-3-2-4-12-25)22-15-19(5-10-23(22)29)24(31)27-20-6-8-21(9-7-20)28-14-13-26-17-28/h5-10,13-15,17H,2-4,11-12,16H2,1H3,(H,27,31). The first-order valence-electron chi connectivity index (χ1n) is 10.9. The third kappa shape index (κ3) is 3.52. The average molecular weight is 415 g/mol. The molecule has 0 unspecified atom stereocenters. The van der Waals surface area contributed by atoms with Gasteiger partial charge < -0.3 is 14.8 Å². The second-order valence-corrected chi connectivity index (χ2v) is 8.65. The summed E-state index contributed by atoms with van der Waals surface area (Å²) in [5, 5.41) is 3.00. The summed E-state index contributed by atoms with van der Waals surface area (Å²) < 4.78 is 1.91. The number of hydrogen-bond donors (Lipinski definition) is 1. The SMILES string of the molecule is CC(=O)N1CC2(CCCCC2)c2cc(C(=O)Nc3ccc(-n4ccnc4)cc3)ccc21. The number of fused-ring (bicyclic) bond motifs is 2. The number of carbonyl (C=O) groups is 2. The smallest absolute Gasteiger partial charge is 0.255 e. The molecule has 3 aromatic rings. The zero-order valence-corrected chi connectivity index (χ0v) is 17.7. The van der Waals surface area contributed by atoms with Gasteiger partial charge in [0.2, 0.25) is 5.91 Å². The van der Waals surface area contributed by atoms with Crippen LogP contribution < -0.4 is 10.2 Å². The molecule has 0 bridgehead atoms. The molecule has 6 nitrogen and oxygen atoms in total. The number of carbonyl (C=O) groups excluding carboxylic acids is 2. The predicted octanol–water partition coefficient (Wildman–Crippen LogP) is 4.69. The maximum atomic E-state index is 13.0. The Morgan fingerprint density at radius 2 is 1.81 bits per heavy atom. The van der Waals surface area contributed by atoms with Gasteiger partial charge in [-0.2, -0.15) is 0 Å². The van der Waals surface area contributed by atoms with Crippen LogP contribution in [-0.4, -0.2) is 27.9 Å². The van der Waals surface area contributed by atoms with E-state index < -0.39 is 0 Å². The molecular formula is C25H26N4O2. The van der Waals surface area contributed by atoms with E-state index in [1.165, 1.54) is 19.3 Å². The van der Waals surface area contributed by atoms with Gasteiger partial charge in [0.05, 0.1) is 6.33 Å². The zero-order chi connectivity index (χ0) is 21.4. The van der Waals surface area contributed by atoms with Crippen molar-refractivity contribution in [1.82, 2.24) is 9.55 Å². The third-order valence-corrected chi connectivity index (χ3v) is 6.70. The zero-order valence-electron chi connectivity index (χ0n) is 17.7. The van der Waals surface area contributed by atoms with Crippen LogP contribution in [-0.2, 0) is 10.2 Å². The molecule has 1 fully saturated rings. The second kappa shape index (κ2) is 7.69. The molecule has 1 saturated carbocycles. The Hall–Kier alpha value is -3.41. The van der Waals surface area contributed by atoms with Crippen LogP contribution in [0.2, 0.25) is 0 Å². The predicted molar refractivity (Wildman–Crippen MR) is 121 cm³/mol. The fraction of sp³-hybridized carbons (Fsp3) is 0.320. The summed E-state index contributed by atoms with van der Waals surface area (Å²) in [6, 6.07) is 13.5. The Morgan fingerprint density at radius 1 is 1.03 bits per heavy atom. The molecule has 31 heavy (non-hydrogen) atoms. The molecule has 0 saturated heterocycles. The minimum atomic E-state index is -0.134. The van der Waals surface area contributed by atoms with Crippen LogP contribution in [0.5, 0.6) is 0 Å². The molecule has 0 radical (unpaired) electrons. The molecular weight excluding hydrogens is 388 g/mol. The highest BCUT2D eigenvalue weighted by atomic mass is 16.2. The average Bonchev–Trinajstić information content (AvgIpc) is 3.42. The highest BCUT2D eigenvalue weighted by Crippen LogP contribution is 2.49. The highest BCUT2D eigenvalue weighted by molar-refractivity contribution is 6.05. The Morgan fingerprint density at radius 3 is 2.48 bits per heavy atom. The lowest BCUT2D eigenvalue weighted by Crippen LogP contribution is -2.37. The number of amides is 2. The molecule has 2 aliphatic rings. The van der Waals surface area contributed by atoms with Crippen molar-refractivity contribution < 1.29 is 9.59 Å². The van der Waals surface area contributed by atoms with Crippen molar-refractivity contribution in [2.45, 2.75) is 44.4 Å². The largest absolute Gasteiger partial charge is 0.322 e. The molecule has 1 aromatic heterocycles. The Labute approximate surface area is 181 Å². The van der Waals surface area contributed by atoms with Crippen molar-refractivity contribution in [2.24, 2.45) is 0 Å². The van der Waals surface area contributed by atoms with Crippen molar-refractivity contribution in [3.8, 4) is 5.69 Å². The van der Waals surface area contributed by atoms with Gasteiger partial charge in [0.15, 0.2) is 0 Å². The fourth-order valence-electron chi connectivity index (χ4n) is 5.08. The normalized spacial score (nSPS) is 16.9. The molecule has 1 N–H and O–H groups in total. The van der Waals surface area contributed by atoms with Crippen LogP contribution in [0.1, 0.15) is 54.9 Å². The number of rotatable bonds is 3. The van der Waals surface area contributed by atoms with Gasteiger partial charge in [-0.1, -0.05) is 19.3 Å². The Bertz CT molecular complexity index is 1110. The summed E-state index contributed by atoms with van der Waals surface area (Å²) in [5.41, 5.74) is 4.47. The van der Waals surface area contributed by atoms with Crippen molar-refractivity contribution in [3.05, 3.63) is 72.3 Å². The van der Waals surface area contributed by atoms with Crippen molar-refractivity contribution in [2.75, 3.05) is 16.8 Å². The molecule has 6 heteroatoms. The summed E-state index contributed by atoms with van der Waals surface area (Å²) in [5.74, 6) is -0.0655. The summed E-state index contributed by atoms with van der Waals surface area (Å²) in [7, 11) is 0. The first-order chi connectivity index (χ1) is 15.1. The van der Waals surface area contributed by atoms with Gasteiger partial charge in [-0.15, -0.1) is 0 Å². The van der Waals surface area contributed by atoms with Gasteiger partial charge in [-0.3, -0.25) is 9.59 Å². The molecule has 2 amide bonds. The lowest BCUT2D eigenvalue weighted by atomic mass is 9.70. The molecule has 1 aliphatic heterocycles. The maximum absolute atomic E-state index is 13.0. The van der Waals surface area contributed by atoms with E-state index in [-0.39, 0.29) is 17.2 Å².